The molecule has 0 amide bonds. The summed E-state index contributed by atoms with van der Waals surface area (Å²) in [5.41, 5.74) is 1.04. The molecule has 0 aliphatic rings. The number of hydrogen-bond donors (Lipinski definition) is 1. The third-order valence-corrected chi connectivity index (χ3v) is 7.49. The molecule has 0 aromatic heterocycles. The highest BCUT2D eigenvalue weighted by molar-refractivity contribution is 5.69. The number of para-hydroxylation sites is 1. The van der Waals surface area contributed by atoms with Crippen molar-refractivity contribution in [2.45, 2.75) is 149 Å². The Labute approximate surface area is 217 Å². The van der Waals surface area contributed by atoms with E-state index in [2.05, 4.69) is 26.8 Å². The number of benzene rings is 1. The highest BCUT2D eigenvalue weighted by atomic mass is 16.5. The average Bonchev–Trinajstić information content (AvgIpc) is 2.86. The van der Waals surface area contributed by atoms with Crippen molar-refractivity contribution in [3.63, 3.8) is 0 Å². The van der Waals surface area contributed by atoms with E-state index in [4.69, 9.17) is 4.74 Å². The highest BCUT2D eigenvalue weighted by Gasteiger charge is 2.16. The monoisotopic (exact) mass is 488 g/mol. The topological polar surface area (TPSA) is 46.5 Å². The first kappa shape index (κ1) is 31.5. The summed E-state index contributed by atoms with van der Waals surface area (Å²) in [7, 11) is 0. The van der Waals surface area contributed by atoms with Gasteiger partial charge in [0.15, 0.2) is 0 Å². The van der Waals surface area contributed by atoms with E-state index < -0.39 is 0 Å². The molecule has 1 rings (SSSR count). The van der Waals surface area contributed by atoms with Crippen LogP contribution in [0, 0.1) is 5.92 Å². The van der Waals surface area contributed by atoms with Crippen LogP contribution in [0.3, 0.4) is 0 Å². The minimum absolute atomic E-state index is 0.0642. The third-order valence-electron chi connectivity index (χ3n) is 7.49. The van der Waals surface area contributed by atoms with Crippen LogP contribution in [0.5, 0.6) is 5.75 Å². The Morgan fingerprint density at radius 2 is 1.31 bits per heavy atom. The van der Waals surface area contributed by atoms with E-state index in [0.29, 0.717) is 30.6 Å². The second-order valence-electron chi connectivity index (χ2n) is 10.6. The fraction of sp³-hybridized carbons (Fsp3) is 0.781. The van der Waals surface area contributed by atoms with E-state index in [1.165, 1.54) is 83.5 Å². The molecule has 202 valence electrons. The van der Waals surface area contributed by atoms with Crippen molar-refractivity contribution in [3.8, 4) is 5.75 Å². The summed E-state index contributed by atoms with van der Waals surface area (Å²) in [5, 5.41) is 10.4. The maximum absolute atomic E-state index is 12.3. The molecular formula is C32H56O3. The van der Waals surface area contributed by atoms with Gasteiger partial charge in [-0.2, -0.15) is 0 Å². The molecule has 2 atom stereocenters. The van der Waals surface area contributed by atoms with Crippen LogP contribution in [0.25, 0.3) is 0 Å². The highest BCUT2D eigenvalue weighted by Crippen LogP contribution is 2.33. The van der Waals surface area contributed by atoms with Crippen LogP contribution in [0.2, 0.25) is 0 Å². The fourth-order valence-corrected chi connectivity index (χ4v) is 5.02. The molecule has 35 heavy (non-hydrogen) atoms. The van der Waals surface area contributed by atoms with Crippen molar-refractivity contribution in [2.75, 3.05) is 6.61 Å². The van der Waals surface area contributed by atoms with E-state index in [9.17, 15) is 9.90 Å². The van der Waals surface area contributed by atoms with E-state index in [0.717, 1.165) is 37.7 Å². The van der Waals surface area contributed by atoms with Gasteiger partial charge < -0.3 is 9.84 Å². The van der Waals surface area contributed by atoms with Gasteiger partial charge in [0.05, 0.1) is 6.61 Å². The molecular weight excluding hydrogens is 432 g/mol. The normalized spacial score (nSPS) is 13.0. The summed E-state index contributed by atoms with van der Waals surface area (Å²) >= 11 is 0. The minimum atomic E-state index is -0.0642. The Morgan fingerprint density at radius 3 is 1.91 bits per heavy atom. The lowest BCUT2D eigenvalue weighted by molar-refractivity contribution is -0.145. The molecule has 0 fully saturated rings. The fourth-order valence-electron chi connectivity index (χ4n) is 5.02. The van der Waals surface area contributed by atoms with Crippen molar-refractivity contribution in [3.05, 3.63) is 29.8 Å². The molecule has 3 heteroatoms. The van der Waals surface area contributed by atoms with E-state index >= 15 is 0 Å². The van der Waals surface area contributed by atoms with Crippen molar-refractivity contribution in [1.82, 2.24) is 0 Å². The van der Waals surface area contributed by atoms with E-state index in [1.54, 1.807) is 6.07 Å². The maximum Gasteiger partial charge on any atom is 0.305 e. The van der Waals surface area contributed by atoms with Crippen LogP contribution >= 0.6 is 0 Å². The van der Waals surface area contributed by atoms with Gasteiger partial charge in [0.25, 0.3) is 0 Å². The zero-order valence-electron chi connectivity index (χ0n) is 23.4. The number of phenols is 1. The summed E-state index contributed by atoms with van der Waals surface area (Å²) in [4.78, 5) is 12.3. The number of hydrogen-bond acceptors (Lipinski definition) is 3. The van der Waals surface area contributed by atoms with Crippen LogP contribution in [-0.2, 0) is 9.53 Å². The van der Waals surface area contributed by atoms with Crippen LogP contribution in [-0.4, -0.2) is 17.7 Å². The number of carbonyl (C=O) groups excluding carboxylic acids is 1. The van der Waals surface area contributed by atoms with Crippen LogP contribution in [0.1, 0.15) is 154 Å². The molecule has 0 radical (unpaired) electrons. The Bertz CT molecular complexity index is 627. The Balaban J connectivity index is 2.32. The van der Waals surface area contributed by atoms with Gasteiger partial charge in [0.2, 0.25) is 0 Å². The summed E-state index contributed by atoms with van der Waals surface area (Å²) in [6, 6.07) is 7.74. The van der Waals surface area contributed by atoms with Crippen molar-refractivity contribution >= 4 is 5.97 Å². The van der Waals surface area contributed by atoms with Gasteiger partial charge >= 0.3 is 5.97 Å². The summed E-state index contributed by atoms with van der Waals surface area (Å²) < 4.78 is 5.59. The first-order valence-corrected chi connectivity index (χ1v) is 15.1. The van der Waals surface area contributed by atoms with Crippen LogP contribution in [0.4, 0.5) is 0 Å². The van der Waals surface area contributed by atoms with Crippen molar-refractivity contribution in [1.29, 1.82) is 0 Å². The SMILES string of the molecule is CCCCCCCCCCCCCC(CCCC(=O)OCC(CC)CCCC)c1ccccc1O. The molecule has 0 saturated carbocycles. The standard InChI is InChI=1S/C32H56O3/c1-4-7-9-10-11-12-13-14-15-16-17-22-29(30-24-18-19-25-31(30)33)23-20-26-32(34)35-27-28(6-3)21-8-5-2/h18-19,24-25,28-29,33H,4-17,20-23,26-27H2,1-3H3. The third kappa shape index (κ3) is 16.0. The van der Waals surface area contributed by atoms with Gasteiger partial charge in [0.1, 0.15) is 5.75 Å². The van der Waals surface area contributed by atoms with Crippen LogP contribution in [0.15, 0.2) is 24.3 Å². The first-order valence-electron chi connectivity index (χ1n) is 15.1. The first-order chi connectivity index (χ1) is 17.1. The molecule has 0 spiro atoms. The Hall–Kier alpha value is -1.51. The Kier molecular flexibility index (Phi) is 19.6. The zero-order chi connectivity index (χ0) is 25.6. The number of phenolic OH excluding ortho intramolecular Hbond substituents is 1. The molecule has 1 aromatic carbocycles. The van der Waals surface area contributed by atoms with Crippen molar-refractivity contribution < 1.29 is 14.6 Å². The lowest BCUT2D eigenvalue weighted by Crippen LogP contribution is -2.14. The molecule has 0 saturated heterocycles. The number of esters is 1. The number of carbonyl (C=O) groups is 1. The van der Waals surface area contributed by atoms with Gasteiger partial charge in [-0.1, -0.05) is 129 Å². The number of rotatable bonds is 23. The van der Waals surface area contributed by atoms with Gasteiger partial charge in [0, 0.05) is 6.42 Å². The predicted octanol–water partition coefficient (Wildman–Crippen LogP) is 10.1. The van der Waals surface area contributed by atoms with E-state index in [-0.39, 0.29) is 5.97 Å². The van der Waals surface area contributed by atoms with Crippen molar-refractivity contribution in [2.24, 2.45) is 5.92 Å². The number of ether oxygens (including phenoxy) is 1. The molecule has 0 heterocycles. The summed E-state index contributed by atoms with van der Waals surface area (Å²) in [5.74, 6) is 1.14. The molecule has 0 bridgehead atoms. The number of unbranched alkanes of at least 4 members (excludes halogenated alkanes) is 11. The van der Waals surface area contributed by atoms with E-state index in [1.807, 2.05) is 12.1 Å². The summed E-state index contributed by atoms with van der Waals surface area (Å²) in [6.45, 7) is 7.22. The molecule has 0 aliphatic heterocycles. The van der Waals surface area contributed by atoms with Gasteiger partial charge in [-0.25, -0.2) is 0 Å². The van der Waals surface area contributed by atoms with Gasteiger partial charge in [-0.05, 0) is 49.1 Å². The smallest absolute Gasteiger partial charge is 0.305 e. The molecule has 1 aromatic rings. The molecule has 3 nitrogen and oxygen atoms in total. The Morgan fingerprint density at radius 1 is 0.743 bits per heavy atom. The van der Waals surface area contributed by atoms with Gasteiger partial charge in [-0.15, -0.1) is 0 Å². The quantitative estimate of drug-likeness (QED) is 0.123. The maximum atomic E-state index is 12.3. The molecule has 2 unspecified atom stereocenters. The second kappa shape index (κ2) is 21.7. The second-order valence-corrected chi connectivity index (χ2v) is 10.6. The molecule has 0 aliphatic carbocycles. The lowest BCUT2D eigenvalue weighted by atomic mass is 9.88. The lowest BCUT2D eigenvalue weighted by Gasteiger charge is -2.19. The minimum Gasteiger partial charge on any atom is -0.508 e. The average molecular weight is 489 g/mol. The molecule has 1 N–H and O–H groups in total. The van der Waals surface area contributed by atoms with Gasteiger partial charge in [-0.3, -0.25) is 4.79 Å². The zero-order valence-corrected chi connectivity index (χ0v) is 23.4. The largest absolute Gasteiger partial charge is 0.508 e. The predicted molar refractivity (Wildman–Crippen MR) is 150 cm³/mol. The summed E-state index contributed by atoms with van der Waals surface area (Å²) in [6.07, 6.45) is 22.7. The number of aromatic hydroxyl groups is 1. The van der Waals surface area contributed by atoms with Crippen LogP contribution < -0.4 is 0 Å².